The topological polar surface area (TPSA) is 73.6 Å². The summed E-state index contributed by atoms with van der Waals surface area (Å²) in [4.78, 5) is 11.3. The summed E-state index contributed by atoms with van der Waals surface area (Å²) in [6.07, 6.45) is -0.480. The number of nitrogens with two attached hydrogens (primary N) is 1. The van der Waals surface area contributed by atoms with Gasteiger partial charge in [0.05, 0.1) is 6.54 Å². The SMILES string of the molecule is CC(C)(C)OC(=O)NCC#CCOc1ccc(N)cc1. The van der Waals surface area contributed by atoms with Gasteiger partial charge >= 0.3 is 6.09 Å². The lowest BCUT2D eigenvalue weighted by Gasteiger charge is -2.18. The summed E-state index contributed by atoms with van der Waals surface area (Å²) < 4.78 is 10.4. The Morgan fingerprint density at radius 2 is 1.90 bits per heavy atom. The number of amides is 1. The molecule has 108 valence electrons. The van der Waals surface area contributed by atoms with Crippen LogP contribution in [0.25, 0.3) is 0 Å². The van der Waals surface area contributed by atoms with Crippen LogP contribution in [0.2, 0.25) is 0 Å². The molecule has 5 heteroatoms. The number of carbonyl (C=O) groups excluding carboxylic acids is 1. The van der Waals surface area contributed by atoms with Crippen molar-refractivity contribution in [3.05, 3.63) is 24.3 Å². The van der Waals surface area contributed by atoms with Gasteiger partial charge in [-0.15, -0.1) is 0 Å². The van der Waals surface area contributed by atoms with Gasteiger partial charge in [0.15, 0.2) is 0 Å². The standard InChI is InChI=1S/C15H20N2O3/c1-15(2,3)20-14(18)17-10-4-5-11-19-13-8-6-12(16)7-9-13/h6-9H,10-11,16H2,1-3H3,(H,17,18). The van der Waals surface area contributed by atoms with Crippen molar-refractivity contribution >= 4 is 11.8 Å². The van der Waals surface area contributed by atoms with Crippen molar-refractivity contribution in [1.82, 2.24) is 5.32 Å². The Kier molecular flexibility index (Phi) is 5.73. The van der Waals surface area contributed by atoms with Crippen molar-refractivity contribution < 1.29 is 14.3 Å². The monoisotopic (exact) mass is 276 g/mol. The highest BCUT2D eigenvalue weighted by molar-refractivity contribution is 5.67. The molecule has 20 heavy (non-hydrogen) atoms. The van der Waals surface area contributed by atoms with E-state index in [2.05, 4.69) is 17.2 Å². The Labute approximate surface area is 119 Å². The van der Waals surface area contributed by atoms with Gasteiger partial charge in [0.2, 0.25) is 0 Å². The first-order valence-electron chi connectivity index (χ1n) is 6.28. The molecule has 1 aromatic rings. The molecule has 0 saturated carbocycles. The van der Waals surface area contributed by atoms with Gasteiger partial charge in [-0.05, 0) is 45.0 Å². The van der Waals surface area contributed by atoms with Crippen LogP contribution in [0.5, 0.6) is 5.75 Å². The molecule has 0 atom stereocenters. The van der Waals surface area contributed by atoms with Crippen molar-refractivity contribution in [1.29, 1.82) is 0 Å². The molecule has 3 N–H and O–H groups in total. The van der Waals surface area contributed by atoms with Crippen LogP contribution in [0, 0.1) is 11.8 Å². The number of alkyl carbamates (subject to hydrolysis) is 1. The fourth-order valence-electron chi connectivity index (χ4n) is 1.23. The van der Waals surface area contributed by atoms with Gasteiger partial charge in [-0.25, -0.2) is 4.79 Å². The van der Waals surface area contributed by atoms with Crippen molar-refractivity contribution in [3.8, 4) is 17.6 Å². The van der Waals surface area contributed by atoms with Gasteiger partial charge in [0.1, 0.15) is 18.0 Å². The zero-order valence-electron chi connectivity index (χ0n) is 12.0. The molecule has 0 aliphatic heterocycles. The highest BCUT2D eigenvalue weighted by Crippen LogP contribution is 2.12. The molecule has 0 spiro atoms. The van der Waals surface area contributed by atoms with Gasteiger partial charge in [-0.2, -0.15) is 0 Å². The van der Waals surface area contributed by atoms with Crippen LogP contribution in [0.3, 0.4) is 0 Å². The summed E-state index contributed by atoms with van der Waals surface area (Å²) in [5.74, 6) is 6.27. The summed E-state index contributed by atoms with van der Waals surface area (Å²) in [6.45, 7) is 5.88. The minimum absolute atomic E-state index is 0.222. The highest BCUT2D eigenvalue weighted by atomic mass is 16.6. The average Bonchev–Trinajstić information content (AvgIpc) is 2.33. The summed E-state index contributed by atoms with van der Waals surface area (Å²) >= 11 is 0. The lowest BCUT2D eigenvalue weighted by atomic mass is 10.2. The van der Waals surface area contributed by atoms with Crippen LogP contribution in [0.15, 0.2) is 24.3 Å². The number of hydrogen-bond donors (Lipinski definition) is 2. The molecule has 0 fully saturated rings. The van der Waals surface area contributed by atoms with E-state index in [0.29, 0.717) is 11.4 Å². The Bertz CT molecular complexity index is 493. The van der Waals surface area contributed by atoms with E-state index in [1.807, 2.05) is 0 Å². The Morgan fingerprint density at radius 1 is 1.25 bits per heavy atom. The maximum atomic E-state index is 11.3. The maximum Gasteiger partial charge on any atom is 0.408 e. The van der Waals surface area contributed by atoms with Crippen molar-refractivity contribution in [3.63, 3.8) is 0 Å². The lowest BCUT2D eigenvalue weighted by molar-refractivity contribution is 0.0535. The molecule has 0 heterocycles. The molecule has 1 rings (SSSR count). The van der Waals surface area contributed by atoms with Crippen LogP contribution in [-0.2, 0) is 4.74 Å². The third-order valence-electron chi connectivity index (χ3n) is 2.04. The number of nitrogen functional groups attached to an aromatic ring is 1. The molecule has 5 nitrogen and oxygen atoms in total. The Morgan fingerprint density at radius 3 is 2.50 bits per heavy atom. The number of nitrogens with one attached hydrogen (secondary N) is 1. The minimum atomic E-state index is -0.504. The van der Waals surface area contributed by atoms with Gasteiger partial charge < -0.3 is 20.5 Å². The normalized spacial score (nSPS) is 10.2. The quantitative estimate of drug-likeness (QED) is 0.655. The van der Waals surface area contributed by atoms with Crippen LogP contribution in [-0.4, -0.2) is 24.8 Å². The fraction of sp³-hybridized carbons (Fsp3) is 0.400. The van der Waals surface area contributed by atoms with E-state index in [-0.39, 0.29) is 13.2 Å². The number of ether oxygens (including phenoxy) is 2. The van der Waals surface area contributed by atoms with E-state index >= 15 is 0 Å². The van der Waals surface area contributed by atoms with E-state index in [4.69, 9.17) is 15.2 Å². The molecule has 0 saturated heterocycles. The van der Waals surface area contributed by atoms with Gasteiger partial charge in [0.25, 0.3) is 0 Å². The highest BCUT2D eigenvalue weighted by Gasteiger charge is 2.14. The second-order valence-electron chi connectivity index (χ2n) is 5.07. The first-order valence-corrected chi connectivity index (χ1v) is 6.28. The number of anilines is 1. The minimum Gasteiger partial charge on any atom is -0.481 e. The third kappa shape index (κ3) is 7.17. The molecular formula is C15H20N2O3. The number of carbonyl (C=O) groups is 1. The van der Waals surface area contributed by atoms with Gasteiger partial charge in [0, 0.05) is 5.69 Å². The van der Waals surface area contributed by atoms with Crippen molar-refractivity contribution in [2.24, 2.45) is 0 Å². The summed E-state index contributed by atoms with van der Waals surface area (Å²) in [5.41, 5.74) is 5.74. The Balaban J connectivity index is 2.20. The molecule has 1 aromatic carbocycles. The number of rotatable bonds is 3. The zero-order chi connectivity index (χ0) is 15.0. The number of hydrogen-bond acceptors (Lipinski definition) is 4. The van der Waals surface area contributed by atoms with E-state index in [1.54, 1.807) is 45.0 Å². The molecule has 0 bridgehead atoms. The first-order chi connectivity index (χ1) is 9.37. The average molecular weight is 276 g/mol. The molecule has 0 aliphatic carbocycles. The lowest BCUT2D eigenvalue weighted by Crippen LogP contribution is -2.32. The smallest absolute Gasteiger partial charge is 0.408 e. The van der Waals surface area contributed by atoms with E-state index in [0.717, 1.165) is 0 Å². The summed E-state index contributed by atoms with van der Waals surface area (Å²) in [7, 11) is 0. The van der Waals surface area contributed by atoms with Crippen LogP contribution < -0.4 is 15.8 Å². The van der Waals surface area contributed by atoms with E-state index < -0.39 is 11.7 Å². The van der Waals surface area contributed by atoms with Crippen molar-refractivity contribution in [2.75, 3.05) is 18.9 Å². The Hall–Kier alpha value is -2.35. The molecule has 1 amide bonds. The predicted molar refractivity (Wildman–Crippen MR) is 78.4 cm³/mol. The van der Waals surface area contributed by atoms with E-state index in [9.17, 15) is 4.79 Å². The first kappa shape index (κ1) is 15.7. The zero-order valence-corrected chi connectivity index (χ0v) is 12.0. The molecule has 0 aliphatic rings. The molecule has 0 aromatic heterocycles. The van der Waals surface area contributed by atoms with Crippen molar-refractivity contribution in [2.45, 2.75) is 26.4 Å². The summed E-state index contributed by atoms with van der Waals surface area (Å²) in [5, 5.41) is 2.54. The van der Waals surface area contributed by atoms with Gasteiger partial charge in [-0.1, -0.05) is 11.8 Å². The largest absolute Gasteiger partial charge is 0.481 e. The second kappa shape index (κ2) is 7.29. The summed E-state index contributed by atoms with van der Waals surface area (Å²) in [6, 6.07) is 7.06. The predicted octanol–water partition coefficient (Wildman–Crippen LogP) is 2.18. The number of benzene rings is 1. The molecule has 0 unspecified atom stereocenters. The maximum absolute atomic E-state index is 11.3. The van der Waals surface area contributed by atoms with Crippen LogP contribution in [0.1, 0.15) is 20.8 Å². The van der Waals surface area contributed by atoms with Crippen LogP contribution in [0.4, 0.5) is 10.5 Å². The van der Waals surface area contributed by atoms with Crippen LogP contribution >= 0.6 is 0 Å². The van der Waals surface area contributed by atoms with E-state index in [1.165, 1.54) is 0 Å². The molecule has 0 radical (unpaired) electrons. The van der Waals surface area contributed by atoms with Gasteiger partial charge in [-0.3, -0.25) is 0 Å². The second-order valence-corrected chi connectivity index (χ2v) is 5.07. The third-order valence-corrected chi connectivity index (χ3v) is 2.04. The fourth-order valence-corrected chi connectivity index (χ4v) is 1.23. The molecular weight excluding hydrogens is 256 g/mol.